The van der Waals surface area contributed by atoms with Crippen molar-refractivity contribution in [3.8, 4) is 0 Å². The number of benzene rings is 1. The minimum Gasteiger partial charge on any atom is -0.310 e. The molecule has 1 N–H and O–H groups in total. The number of piperidine rings is 3. The smallest absolute Gasteiger partial charge is 0.0226 e. The molecule has 104 valence electrons. The lowest BCUT2D eigenvalue weighted by molar-refractivity contribution is 0.0675. The van der Waals surface area contributed by atoms with Crippen LogP contribution in [0.4, 0.5) is 0 Å². The zero-order valence-electron chi connectivity index (χ0n) is 12.0. The second-order valence-corrected chi connectivity index (χ2v) is 6.34. The van der Waals surface area contributed by atoms with E-state index in [-0.39, 0.29) is 0 Å². The summed E-state index contributed by atoms with van der Waals surface area (Å²) < 4.78 is 0. The number of aryl methyl sites for hydroxylation is 1. The van der Waals surface area contributed by atoms with E-state index in [2.05, 4.69) is 47.5 Å². The van der Waals surface area contributed by atoms with E-state index in [1.807, 2.05) is 0 Å². The quantitative estimate of drug-likeness (QED) is 0.873. The van der Waals surface area contributed by atoms with Crippen molar-refractivity contribution < 1.29 is 0 Å². The fraction of sp³-hybridized carbons (Fsp3) is 0.647. The molecule has 4 rings (SSSR count). The maximum Gasteiger partial charge on any atom is 0.0226 e. The van der Waals surface area contributed by atoms with Gasteiger partial charge in [-0.2, -0.15) is 0 Å². The highest BCUT2D eigenvalue weighted by Gasteiger charge is 2.34. The summed E-state index contributed by atoms with van der Waals surface area (Å²) in [6.07, 6.45) is 5.25. The Labute approximate surface area is 117 Å². The zero-order valence-corrected chi connectivity index (χ0v) is 12.0. The molecule has 3 saturated heterocycles. The number of nitrogens with zero attached hydrogens (tertiary/aromatic N) is 1. The van der Waals surface area contributed by atoms with Gasteiger partial charge in [0.15, 0.2) is 0 Å². The van der Waals surface area contributed by atoms with Gasteiger partial charge in [-0.15, -0.1) is 0 Å². The van der Waals surface area contributed by atoms with Crippen molar-refractivity contribution in [1.29, 1.82) is 0 Å². The van der Waals surface area contributed by atoms with Crippen molar-refractivity contribution in [2.75, 3.05) is 19.6 Å². The molecule has 3 heterocycles. The summed E-state index contributed by atoms with van der Waals surface area (Å²) in [6.45, 7) is 6.30. The van der Waals surface area contributed by atoms with Crippen molar-refractivity contribution in [3.63, 3.8) is 0 Å². The molecule has 0 saturated carbocycles. The summed E-state index contributed by atoms with van der Waals surface area (Å²) in [5.41, 5.74) is 1.46. The molecule has 2 nitrogen and oxygen atoms in total. The van der Waals surface area contributed by atoms with Crippen molar-refractivity contribution >= 4 is 0 Å². The first-order valence-electron chi connectivity index (χ1n) is 7.83. The van der Waals surface area contributed by atoms with Crippen LogP contribution in [0.15, 0.2) is 30.3 Å². The summed E-state index contributed by atoms with van der Waals surface area (Å²) in [5.74, 6) is 0.934. The maximum absolute atomic E-state index is 3.88. The van der Waals surface area contributed by atoms with E-state index in [1.165, 1.54) is 50.9 Å². The molecule has 0 amide bonds. The zero-order chi connectivity index (χ0) is 13.1. The molecule has 0 spiro atoms. The Balaban J connectivity index is 1.45. The van der Waals surface area contributed by atoms with Crippen LogP contribution < -0.4 is 5.32 Å². The molecule has 3 fully saturated rings. The first kappa shape index (κ1) is 13.1. The van der Waals surface area contributed by atoms with E-state index in [1.54, 1.807) is 0 Å². The monoisotopic (exact) mass is 258 g/mol. The molecule has 2 heteroatoms. The van der Waals surface area contributed by atoms with Crippen molar-refractivity contribution in [3.05, 3.63) is 35.9 Å². The summed E-state index contributed by atoms with van der Waals surface area (Å²) in [7, 11) is 0. The fourth-order valence-corrected chi connectivity index (χ4v) is 3.63. The third kappa shape index (κ3) is 3.37. The Morgan fingerprint density at radius 2 is 1.95 bits per heavy atom. The van der Waals surface area contributed by atoms with Gasteiger partial charge in [0.05, 0.1) is 0 Å². The number of fused-ring (bicyclic) bond motifs is 3. The Kier molecular flexibility index (Phi) is 4.19. The van der Waals surface area contributed by atoms with Crippen LogP contribution in [0, 0.1) is 5.92 Å². The largest absolute Gasteiger partial charge is 0.310 e. The highest BCUT2D eigenvalue weighted by Crippen LogP contribution is 2.27. The van der Waals surface area contributed by atoms with Gasteiger partial charge >= 0.3 is 0 Å². The fourth-order valence-electron chi connectivity index (χ4n) is 3.63. The number of hydrogen-bond acceptors (Lipinski definition) is 2. The van der Waals surface area contributed by atoms with Crippen LogP contribution in [-0.2, 0) is 6.42 Å². The highest BCUT2D eigenvalue weighted by atomic mass is 15.2. The van der Waals surface area contributed by atoms with Crippen LogP contribution in [0.3, 0.4) is 0 Å². The number of rotatable bonds is 5. The van der Waals surface area contributed by atoms with Crippen LogP contribution in [0.5, 0.6) is 0 Å². The molecular formula is C17H26N2. The molecule has 2 bridgehead atoms. The first-order chi connectivity index (χ1) is 9.31. The third-order valence-electron chi connectivity index (χ3n) is 4.86. The average molecular weight is 258 g/mol. The second-order valence-electron chi connectivity index (χ2n) is 6.34. The Bertz CT molecular complexity index is 382. The highest BCUT2D eigenvalue weighted by molar-refractivity contribution is 5.14. The van der Waals surface area contributed by atoms with Crippen LogP contribution in [0.2, 0.25) is 0 Å². The van der Waals surface area contributed by atoms with E-state index in [0.29, 0.717) is 6.04 Å². The maximum atomic E-state index is 3.88. The summed E-state index contributed by atoms with van der Waals surface area (Å²) in [6, 6.07) is 12.2. The van der Waals surface area contributed by atoms with E-state index < -0.39 is 0 Å². The van der Waals surface area contributed by atoms with E-state index >= 15 is 0 Å². The van der Waals surface area contributed by atoms with Gasteiger partial charge in [0.2, 0.25) is 0 Å². The van der Waals surface area contributed by atoms with Crippen LogP contribution in [0.1, 0.15) is 31.7 Å². The summed E-state index contributed by atoms with van der Waals surface area (Å²) in [5, 5.41) is 3.88. The molecule has 3 aliphatic rings. The van der Waals surface area contributed by atoms with Gasteiger partial charge in [-0.3, -0.25) is 0 Å². The predicted octanol–water partition coefficient (Wildman–Crippen LogP) is 2.69. The summed E-state index contributed by atoms with van der Waals surface area (Å²) >= 11 is 0. The molecule has 1 aromatic rings. The van der Waals surface area contributed by atoms with Gasteiger partial charge in [0.25, 0.3) is 0 Å². The lowest BCUT2D eigenvalue weighted by Gasteiger charge is -2.46. The standard InChI is InChI=1S/C17H26N2/c1-14(7-8-15-5-3-2-4-6-15)18-17-13-19-11-9-16(17)10-12-19/h2-6,14,16-18H,7-13H2,1H3. The van der Waals surface area contributed by atoms with Crippen molar-refractivity contribution in [2.24, 2.45) is 5.92 Å². The van der Waals surface area contributed by atoms with Crippen LogP contribution in [-0.4, -0.2) is 36.6 Å². The molecular weight excluding hydrogens is 232 g/mol. The predicted molar refractivity (Wildman–Crippen MR) is 80.3 cm³/mol. The minimum absolute atomic E-state index is 0.630. The van der Waals surface area contributed by atoms with Gasteiger partial charge in [0.1, 0.15) is 0 Å². The first-order valence-corrected chi connectivity index (χ1v) is 7.83. The van der Waals surface area contributed by atoms with E-state index in [0.717, 1.165) is 12.0 Å². The molecule has 0 aromatic heterocycles. The van der Waals surface area contributed by atoms with Gasteiger partial charge < -0.3 is 10.2 Å². The summed E-state index contributed by atoms with van der Waals surface area (Å²) in [4.78, 5) is 2.63. The SMILES string of the molecule is CC(CCc1ccccc1)NC1CN2CCC1CC2. The number of nitrogens with one attached hydrogen (secondary N) is 1. The van der Waals surface area contributed by atoms with Crippen molar-refractivity contribution in [1.82, 2.24) is 10.2 Å². The lowest BCUT2D eigenvalue weighted by Crippen LogP contribution is -2.57. The number of hydrogen-bond donors (Lipinski definition) is 1. The lowest BCUT2D eigenvalue weighted by atomic mass is 9.83. The van der Waals surface area contributed by atoms with E-state index in [9.17, 15) is 0 Å². The molecule has 0 aliphatic carbocycles. The van der Waals surface area contributed by atoms with Gasteiger partial charge in [-0.25, -0.2) is 0 Å². The van der Waals surface area contributed by atoms with Gasteiger partial charge in [0, 0.05) is 18.6 Å². The Morgan fingerprint density at radius 3 is 2.58 bits per heavy atom. The molecule has 0 radical (unpaired) electrons. The second kappa shape index (κ2) is 6.06. The Morgan fingerprint density at radius 1 is 1.21 bits per heavy atom. The van der Waals surface area contributed by atoms with E-state index in [4.69, 9.17) is 0 Å². The van der Waals surface area contributed by atoms with Crippen LogP contribution in [0.25, 0.3) is 0 Å². The minimum atomic E-state index is 0.630. The van der Waals surface area contributed by atoms with Crippen molar-refractivity contribution in [2.45, 2.75) is 44.7 Å². The molecule has 1 aromatic carbocycles. The molecule has 2 unspecified atom stereocenters. The van der Waals surface area contributed by atoms with Gasteiger partial charge in [-0.05, 0) is 57.2 Å². The van der Waals surface area contributed by atoms with Gasteiger partial charge in [-0.1, -0.05) is 30.3 Å². The third-order valence-corrected chi connectivity index (χ3v) is 4.86. The topological polar surface area (TPSA) is 15.3 Å². The average Bonchev–Trinajstić information content (AvgIpc) is 2.47. The molecule has 2 atom stereocenters. The normalized spacial score (nSPS) is 31.3. The van der Waals surface area contributed by atoms with Crippen LogP contribution >= 0.6 is 0 Å². The molecule has 3 aliphatic heterocycles. The Hall–Kier alpha value is -0.860. The molecule has 19 heavy (non-hydrogen) atoms.